The molecule has 2 aliphatic heterocycles. The van der Waals surface area contributed by atoms with Crippen LogP contribution in [0.1, 0.15) is 43.6 Å². The van der Waals surface area contributed by atoms with Gasteiger partial charge in [0.15, 0.2) is 11.5 Å². The van der Waals surface area contributed by atoms with E-state index in [0.29, 0.717) is 12.6 Å². The lowest BCUT2D eigenvalue weighted by molar-refractivity contribution is 0.254. The first-order valence-electron chi connectivity index (χ1n) is 13.4. The van der Waals surface area contributed by atoms with Gasteiger partial charge in [-0.15, -0.1) is 0 Å². The summed E-state index contributed by atoms with van der Waals surface area (Å²) in [6, 6.07) is 8.78. The molecule has 7 nitrogen and oxygen atoms in total. The van der Waals surface area contributed by atoms with Gasteiger partial charge >= 0.3 is 0 Å². The number of rotatable bonds is 9. The van der Waals surface area contributed by atoms with E-state index in [-0.39, 0.29) is 0 Å². The number of methoxy groups -OCH3 is 1. The van der Waals surface area contributed by atoms with Crippen LogP contribution in [0.15, 0.2) is 28.7 Å². The van der Waals surface area contributed by atoms with Crippen LogP contribution in [0.2, 0.25) is 0 Å². The minimum Gasteiger partial charge on any atom is -0.493 e. The molecule has 194 valence electrons. The van der Waals surface area contributed by atoms with E-state index < -0.39 is 0 Å². The Morgan fingerprint density at radius 1 is 1.03 bits per heavy atom. The number of nitrogens with one attached hydrogen (secondary N) is 1. The van der Waals surface area contributed by atoms with Crippen LogP contribution in [0.3, 0.4) is 0 Å². The number of hydrogen-bond donors (Lipinski definition) is 1. The zero-order valence-electron chi connectivity index (χ0n) is 22.2. The molecule has 4 heterocycles. The summed E-state index contributed by atoms with van der Waals surface area (Å²) in [4.78, 5) is 9.97. The predicted molar refractivity (Wildman–Crippen MR) is 145 cm³/mol. The smallest absolute Gasteiger partial charge is 0.163 e. The second-order valence-corrected chi connectivity index (χ2v) is 10.4. The van der Waals surface area contributed by atoms with Gasteiger partial charge in [0.05, 0.1) is 24.9 Å². The summed E-state index contributed by atoms with van der Waals surface area (Å²) in [6.07, 6.45) is 5.88. The zero-order chi connectivity index (χ0) is 25.1. The molecule has 0 radical (unpaired) electrons. The van der Waals surface area contributed by atoms with Gasteiger partial charge in [-0.2, -0.15) is 0 Å². The molecule has 5 rings (SSSR count). The fraction of sp³-hybridized carbons (Fsp3) is 0.552. The molecular formula is C29H40N4O3. The van der Waals surface area contributed by atoms with Crippen LogP contribution in [-0.4, -0.2) is 74.3 Å². The number of fused-ring (bicyclic) bond motifs is 1. The van der Waals surface area contributed by atoms with Gasteiger partial charge in [0.2, 0.25) is 0 Å². The summed E-state index contributed by atoms with van der Waals surface area (Å²) in [5.41, 5.74) is 3.93. The molecule has 2 fully saturated rings. The molecule has 1 N–H and O–H groups in total. The first-order chi connectivity index (χ1) is 17.5. The van der Waals surface area contributed by atoms with Crippen LogP contribution in [0.4, 0.5) is 5.69 Å². The summed E-state index contributed by atoms with van der Waals surface area (Å²) in [7, 11) is 3.90. The average molecular weight is 493 g/mol. The molecule has 0 aliphatic carbocycles. The van der Waals surface area contributed by atoms with Crippen molar-refractivity contribution in [1.82, 2.24) is 14.8 Å². The molecule has 3 aromatic rings. The Kier molecular flexibility index (Phi) is 7.67. The third kappa shape index (κ3) is 5.62. The summed E-state index contributed by atoms with van der Waals surface area (Å²) in [5.74, 6) is 3.28. The molecule has 0 spiro atoms. The molecule has 2 aromatic heterocycles. The molecule has 0 amide bonds. The van der Waals surface area contributed by atoms with E-state index in [0.717, 1.165) is 89.8 Å². The van der Waals surface area contributed by atoms with E-state index in [2.05, 4.69) is 40.4 Å². The van der Waals surface area contributed by atoms with Crippen LogP contribution < -0.4 is 14.8 Å². The minimum atomic E-state index is 0.430. The summed E-state index contributed by atoms with van der Waals surface area (Å²) in [5, 5.41) is 4.89. The Morgan fingerprint density at radius 2 is 1.81 bits per heavy atom. The topological polar surface area (TPSA) is 63.0 Å². The van der Waals surface area contributed by atoms with Gasteiger partial charge in [0.1, 0.15) is 11.5 Å². The van der Waals surface area contributed by atoms with E-state index in [1.165, 1.54) is 25.9 Å². The number of pyridine rings is 1. The van der Waals surface area contributed by atoms with Crippen molar-refractivity contribution in [2.45, 2.75) is 52.0 Å². The maximum Gasteiger partial charge on any atom is 0.163 e. The molecule has 0 saturated carbocycles. The van der Waals surface area contributed by atoms with Gasteiger partial charge in [-0.3, -0.25) is 0 Å². The number of anilines is 1. The number of hydrogen-bond acceptors (Lipinski definition) is 7. The average Bonchev–Trinajstić information content (AvgIpc) is 3.51. The Labute approximate surface area is 214 Å². The van der Waals surface area contributed by atoms with Crippen molar-refractivity contribution in [1.29, 1.82) is 0 Å². The number of aromatic nitrogens is 1. The number of piperidine rings is 1. The Bertz CT molecular complexity index is 1180. The highest BCUT2D eigenvalue weighted by Crippen LogP contribution is 2.38. The highest BCUT2D eigenvalue weighted by molar-refractivity contribution is 5.96. The van der Waals surface area contributed by atoms with Crippen molar-refractivity contribution in [2.24, 2.45) is 0 Å². The number of aryl methyl sites for hydroxylation is 2. The SMILES string of the molecule is COc1cc2c(NC3CCN(C)CC3)cc(-c3cc(C)oc3C)nc2cc1OCCCN1CCCC1. The van der Waals surface area contributed by atoms with E-state index in [1.54, 1.807) is 7.11 Å². The molecule has 0 atom stereocenters. The van der Waals surface area contributed by atoms with Crippen molar-refractivity contribution >= 4 is 16.6 Å². The van der Waals surface area contributed by atoms with Crippen LogP contribution >= 0.6 is 0 Å². The lowest BCUT2D eigenvalue weighted by Crippen LogP contribution is -2.36. The number of likely N-dealkylation sites (tertiary alicyclic amines) is 2. The highest BCUT2D eigenvalue weighted by atomic mass is 16.5. The van der Waals surface area contributed by atoms with E-state index >= 15 is 0 Å². The van der Waals surface area contributed by atoms with Crippen molar-refractivity contribution in [3.63, 3.8) is 0 Å². The molecular weight excluding hydrogens is 452 g/mol. The van der Waals surface area contributed by atoms with Crippen LogP contribution in [-0.2, 0) is 0 Å². The molecule has 0 unspecified atom stereocenters. The predicted octanol–water partition coefficient (Wildman–Crippen LogP) is 5.49. The quantitative estimate of drug-likeness (QED) is 0.396. The lowest BCUT2D eigenvalue weighted by Gasteiger charge is -2.30. The maximum atomic E-state index is 6.23. The number of furan rings is 1. The second-order valence-electron chi connectivity index (χ2n) is 10.4. The molecule has 2 saturated heterocycles. The highest BCUT2D eigenvalue weighted by Gasteiger charge is 2.20. The standard InChI is InChI=1S/C29H40N4O3/c1-20-16-23(21(2)36-20)25-18-26(30-22-8-13-32(3)14-9-22)24-17-28(34-4)29(19-27(24)31-25)35-15-7-12-33-10-5-6-11-33/h16-19,22H,5-15H2,1-4H3,(H,30,31). The summed E-state index contributed by atoms with van der Waals surface area (Å²) < 4.78 is 17.8. The minimum absolute atomic E-state index is 0.430. The van der Waals surface area contributed by atoms with E-state index in [9.17, 15) is 0 Å². The van der Waals surface area contributed by atoms with Gasteiger partial charge < -0.3 is 29.0 Å². The number of nitrogens with zero attached hydrogens (tertiary/aromatic N) is 3. The molecule has 1 aromatic carbocycles. The summed E-state index contributed by atoms with van der Waals surface area (Å²) in [6.45, 7) is 10.4. The van der Waals surface area contributed by atoms with Gasteiger partial charge in [-0.05, 0) is 97.4 Å². The second kappa shape index (κ2) is 11.1. The van der Waals surface area contributed by atoms with Crippen molar-refractivity contribution in [3.05, 3.63) is 35.8 Å². The maximum absolute atomic E-state index is 6.23. The van der Waals surface area contributed by atoms with Crippen molar-refractivity contribution < 1.29 is 13.9 Å². The Hall–Kier alpha value is -2.77. The molecule has 2 aliphatic rings. The van der Waals surface area contributed by atoms with Crippen LogP contribution in [0.5, 0.6) is 11.5 Å². The molecule has 7 heteroatoms. The van der Waals surface area contributed by atoms with Crippen molar-refractivity contribution in [2.75, 3.05) is 58.8 Å². The normalized spacial score (nSPS) is 17.7. The van der Waals surface area contributed by atoms with E-state index in [4.69, 9.17) is 18.9 Å². The first-order valence-corrected chi connectivity index (χ1v) is 13.4. The lowest BCUT2D eigenvalue weighted by atomic mass is 10.0. The van der Waals surface area contributed by atoms with Gasteiger partial charge in [-0.1, -0.05) is 0 Å². The molecule has 0 bridgehead atoms. The largest absolute Gasteiger partial charge is 0.493 e. The number of benzene rings is 1. The van der Waals surface area contributed by atoms with Crippen molar-refractivity contribution in [3.8, 4) is 22.8 Å². The van der Waals surface area contributed by atoms with Gasteiger partial charge in [0.25, 0.3) is 0 Å². The zero-order valence-corrected chi connectivity index (χ0v) is 22.2. The van der Waals surface area contributed by atoms with Gasteiger partial charge in [-0.25, -0.2) is 4.98 Å². The summed E-state index contributed by atoms with van der Waals surface area (Å²) >= 11 is 0. The van der Waals surface area contributed by atoms with Crippen LogP contribution in [0.25, 0.3) is 22.2 Å². The fourth-order valence-electron chi connectivity index (χ4n) is 5.50. The monoisotopic (exact) mass is 492 g/mol. The Morgan fingerprint density at radius 3 is 2.50 bits per heavy atom. The fourth-order valence-corrected chi connectivity index (χ4v) is 5.50. The van der Waals surface area contributed by atoms with Gasteiger partial charge in [0, 0.05) is 35.3 Å². The Balaban J connectivity index is 1.45. The van der Waals surface area contributed by atoms with E-state index in [1.807, 2.05) is 19.9 Å². The third-order valence-electron chi connectivity index (χ3n) is 7.56. The molecule has 36 heavy (non-hydrogen) atoms. The first kappa shape index (κ1) is 24.9. The third-order valence-corrected chi connectivity index (χ3v) is 7.56. The number of ether oxygens (including phenoxy) is 2. The van der Waals surface area contributed by atoms with Crippen LogP contribution in [0, 0.1) is 13.8 Å².